The van der Waals surface area contributed by atoms with Gasteiger partial charge in [0.1, 0.15) is 40.5 Å². The molecular formula is C32H38N4O6. The molecule has 1 saturated carbocycles. The third kappa shape index (κ3) is 9.24. The first-order valence-electron chi connectivity index (χ1n) is 13.9. The highest BCUT2D eigenvalue weighted by Gasteiger charge is 2.23. The Morgan fingerprint density at radius 3 is 1.90 bits per heavy atom. The number of ether oxygens (including phenoxy) is 4. The quantitative estimate of drug-likeness (QED) is 0.137. The summed E-state index contributed by atoms with van der Waals surface area (Å²) in [6, 6.07) is 19.0. The van der Waals surface area contributed by atoms with E-state index < -0.39 is 17.7 Å². The van der Waals surface area contributed by atoms with E-state index in [-0.39, 0.29) is 23.5 Å². The number of nitrogen functional groups attached to an aromatic ring is 1. The lowest BCUT2D eigenvalue weighted by Gasteiger charge is -2.26. The molecule has 0 radical (unpaired) electrons. The van der Waals surface area contributed by atoms with Crippen LogP contribution in [0.25, 0.3) is 0 Å². The molecule has 3 aromatic rings. The Kier molecular flexibility index (Phi) is 9.69. The summed E-state index contributed by atoms with van der Waals surface area (Å²) < 4.78 is 23.2. The zero-order valence-electron chi connectivity index (χ0n) is 24.1. The molecule has 10 nitrogen and oxygen atoms in total. The van der Waals surface area contributed by atoms with E-state index in [0.717, 1.165) is 31.2 Å². The van der Waals surface area contributed by atoms with Crippen molar-refractivity contribution in [3.63, 3.8) is 0 Å². The largest absolute Gasteiger partial charge is 0.459 e. The summed E-state index contributed by atoms with van der Waals surface area (Å²) in [7, 11) is 0. The first-order chi connectivity index (χ1) is 19.9. The summed E-state index contributed by atoms with van der Waals surface area (Å²) >= 11 is 0. The second-order valence-corrected chi connectivity index (χ2v) is 11.3. The van der Waals surface area contributed by atoms with E-state index >= 15 is 0 Å². The Hall–Kier alpha value is -4.57. The lowest BCUT2D eigenvalue weighted by molar-refractivity contribution is 0.0196. The standard InChI is InChI=1S/C32H38N4O6/c1-32(2,3)42-31(38)36-19-20-4-10-24(11-5-20)39-27-16-22(30(37)41-26-14-8-23(33)9-15-26)17-28(18-27)40-25-12-6-21(7-13-25)29(34)35/h4-7,10-13,16-18,23,26H,8-9,14-15,19,33H2,1-3H3,(H3,34,35)(H,36,38). The lowest BCUT2D eigenvalue weighted by Crippen LogP contribution is -2.32. The molecule has 0 unspecified atom stereocenters. The Balaban J connectivity index is 1.49. The molecule has 0 aliphatic heterocycles. The molecule has 1 aliphatic rings. The number of hydrogen-bond acceptors (Lipinski definition) is 8. The van der Waals surface area contributed by atoms with Crippen molar-refractivity contribution < 1.29 is 28.5 Å². The molecule has 6 N–H and O–H groups in total. The third-order valence-corrected chi connectivity index (χ3v) is 6.50. The number of esters is 1. The van der Waals surface area contributed by atoms with Gasteiger partial charge < -0.3 is 35.7 Å². The molecule has 0 aromatic heterocycles. The minimum absolute atomic E-state index is 0.0442. The maximum Gasteiger partial charge on any atom is 0.407 e. The van der Waals surface area contributed by atoms with Crippen molar-refractivity contribution in [3.8, 4) is 23.0 Å². The molecule has 1 aliphatic carbocycles. The summed E-state index contributed by atoms with van der Waals surface area (Å²) in [5.74, 6) is 1.27. The number of hydrogen-bond donors (Lipinski definition) is 4. The van der Waals surface area contributed by atoms with Crippen LogP contribution in [0.1, 0.15) is 67.9 Å². The highest BCUT2D eigenvalue weighted by Crippen LogP contribution is 2.32. The maximum absolute atomic E-state index is 13.1. The van der Waals surface area contributed by atoms with Gasteiger partial charge >= 0.3 is 12.1 Å². The summed E-state index contributed by atoms with van der Waals surface area (Å²) in [5.41, 5.74) is 12.7. The summed E-state index contributed by atoms with van der Waals surface area (Å²) in [4.78, 5) is 25.1. The van der Waals surface area contributed by atoms with Crippen LogP contribution in [0, 0.1) is 5.41 Å². The number of nitrogens with two attached hydrogens (primary N) is 2. The van der Waals surface area contributed by atoms with E-state index in [0.29, 0.717) is 35.1 Å². The van der Waals surface area contributed by atoms with Gasteiger partial charge in [-0.15, -0.1) is 0 Å². The number of carbonyl (C=O) groups is 2. The van der Waals surface area contributed by atoms with Gasteiger partial charge in [-0.05, 0) is 101 Å². The molecule has 0 saturated heterocycles. The van der Waals surface area contributed by atoms with Crippen molar-refractivity contribution in [2.24, 2.45) is 11.5 Å². The molecular weight excluding hydrogens is 536 g/mol. The highest BCUT2D eigenvalue weighted by molar-refractivity contribution is 5.95. The average molecular weight is 575 g/mol. The van der Waals surface area contributed by atoms with E-state index in [1.165, 1.54) is 0 Å². The van der Waals surface area contributed by atoms with Crippen LogP contribution in [0.4, 0.5) is 4.79 Å². The third-order valence-electron chi connectivity index (χ3n) is 6.50. The zero-order valence-corrected chi connectivity index (χ0v) is 24.1. The van der Waals surface area contributed by atoms with Crippen LogP contribution in [0.15, 0.2) is 66.7 Å². The minimum atomic E-state index is -0.576. The Morgan fingerprint density at radius 2 is 1.38 bits per heavy atom. The SMILES string of the molecule is CC(C)(C)OC(=O)NCc1ccc(Oc2cc(Oc3ccc(C(=N)N)cc3)cc(C(=O)OC3CCC(N)CC3)c2)cc1. The van der Waals surface area contributed by atoms with Crippen LogP contribution in [0.5, 0.6) is 23.0 Å². The molecule has 0 spiro atoms. The van der Waals surface area contributed by atoms with E-state index in [9.17, 15) is 9.59 Å². The van der Waals surface area contributed by atoms with Crippen LogP contribution in [0.3, 0.4) is 0 Å². The van der Waals surface area contributed by atoms with E-state index in [2.05, 4.69) is 5.32 Å². The van der Waals surface area contributed by atoms with Gasteiger partial charge in [0.05, 0.1) is 5.56 Å². The molecule has 222 valence electrons. The average Bonchev–Trinajstić information content (AvgIpc) is 2.93. The van der Waals surface area contributed by atoms with Gasteiger partial charge in [-0.2, -0.15) is 0 Å². The number of carbonyl (C=O) groups excluding carboxylic acids is 2. The van der Waals surface area contributed by atoms with Crippen LogP contribution in [-0.2, 0) is 16.0 Å². The van der Waals surface area contributed by atoms with Crippen LogP contribution in [0.2, 0.25) is 0 Å². The smallest absolute Gasteiger partial charge is 0.407 e. The van der Waals surface area contributed by atoms with Crippen molar-refractivity contribution in [2.45, 2.75) is 70.7 Å². The van der Waals surface area contributed by atoms with Gasteiger partial charge in [0.25, 0.3) is 0 Å². The van der Waals surface area contributed by atoms with Crippen LogP contribution < -0.4 is 26.3 Å². The van der Waals surface area contributed by atoms with Crippen molar-refractivity contribution in [1.82, 2.24) is 5.32 Å². The molecule has 4 rings (SSSR count). The highest BCUT2D eigenvalue weighted by atomic mass is 16.6. The summed E-state index contributed by atoms with van der Waals surface area (Å²) in [5, 5.41) is 10.3. The topological polar surface area (TPSA) is 159 Å². The Bertz CT molecular complexity index is 1390. The monoisotopic (exact) mass is 574 g/mol. The summed E-state index contributed by atoms with van der Waals surface area (Å²) in [6.45, 7) is 5.71. The fraction of sp³-hybridized carbons (Fsp3) is 0.344. The van der Waals surface area contributed by atoms with Crippen LogP contribution >= 0.6 is 0 Å². The Labute approximate surface area is 245 Å². The summed E-state index contributed by atoms with van der Waals surface area (Å²) in [6.07, 6.45) is 2.40. The van der Waals surface area contributed by atoms with Gasteiger partial charge in [0.15, 0.2) is 0 Å². The van der Waals surface area contributed by atoms with Crippen molar-refractivity contribution in [3.05, 3.63) is 83.4 Å². The first kappa shape index (κ1) is 30.4. The van der Waals surface area contributed by atoms with E-state index in [1.807, 2.05) is 12.1 Å². The normalized spacial score (nSPS) is 16.7. The van der Waals surface area contributed by atoms with Crippen molar-refractivity contribution >= 4 is 17.9 Å². The fourth-order valence-corrected chi connectivity index (χ4v) is 4.37. The van der Waals surface area contributed by atoms with Crippen molar-refractivity contribution in [1.29, 1.82) is 5.41 Å². The number of rotatable bonds is 9. The molecule has 3 aromatic carbocycles. The van der Waals surface area contributed by atoms with Crippen molar-refractivity contribution in [2.75, 3.05) is 0 Å². The molecule has 10 heteroatoms. The fourth-order valence-electron chi connectivity index (χ4n) is 4.37. The second-order valence-electron chi connectivity index (χ2n) is 11.3. The van der Waals surface area contributed by atoms with Gasteiger partial charge in [0.2, 0.25) is 0 Å². The molecule has 0 heterocycles. The molecule has 0 atom stereocenters. The molecule has 0 bridgehead atoms. The number of alkyl carbamates (subject to hydrolysis) is 1. The number of amidine groups is 1. The molecule has 42 heavy (non-hydrogen) atoms. The first-order valence-corrected chi connectivity index (χ1v) is 13.9. The maximum atomic E-state index is 13.1. The van der Waals surface area contributed by atoms with E-state index in [1.54, 1.807) is 75.4 Å². The van der Waals surface area contributed by atoms with Gasteiger partial charge in [-0.25, -0.2) is 9.59 Å². The van der Waals surface area contributed by atoms with E-state index in [4.69, 9.17) is 35.8 Å². The number of nitrogens with one attached hydrogen (secondary N) is 2. The number of benzene rings is 3. The minimum Gasteiger partial charge on any atom is -0.459 e. The lowest BCUT2D eigenvalue weighted by atomic mass is 9.94. The van der Waals surface area contributed by atoms with Crippen LogP contribution in [-0.4, -0.2) is 35.6 Å². The number of amides is 1. The van der Waals surface area contributed by atoms with Gasteiger partial charge in [0, 0.05) is 24.2 Å². The predicted molar refractivity (Wildman–Crippen MR) is 159 cm³/mol. The molecule has 1 fully saturated rings. The van der Waals surface area contributed by atoms with Gasteiger partial charge in [-0.1, -0.05) is 12.1 Å². The molecule has 1 amide bonds. The second kappa shape index (κ2) is 13.4. The van der Waals surface area contributed by atoms with Gasteiger partial charge in [-0.3, -0.25) is 5.41 Å². The predicted octanol–water partition coefficient (Wildman–Crippen LogP) is 6.01. The zero-order chi connectivity index (χ0) is 30.3. The Morgan fingerprint density at radius 1 is 0.833 bits per heavy atom.